The number of nitrogens with one attached hydrogen (secondary N) is 2. The zero-order valence-electron chi connectivity index (χ0n) is 12.9. The van der Waals surface area contributed by atoms with E-state index in [1.807, 2.05) is 36.7 Å². The molecule has 0 aliphatic carbocycles. The van der Waals surface area contributed by atoms with Gasteiger partial charge in [0.2, 0.25) is 0 Å². The van der Waals surface area contributed by atoms with Crippen LogP contribution in [0.5, 0.6) is 0 Å². The van der Waals surface area contributed by atoms with Crippen LogP contribution < -0.4 is 5.32 Å². The van der Waals surface area contributed by atoms with Crippen LogP contribution in [0, 0.1) is 0 Å². The number of hydrogen-bond donors (Lipinski definition) is 2. The van der Waals surface area contributed by atoms with Crippen molar-refractivity contribution in [2.24, 2.45) is 0 Å². The van der Waals surface area contributed by atoms with Gasteiger partial charge in [-0.05, 0) is 50.6 Å². The highest BCUT2D eigenvalue weighted by molar-refractivity contribution is 7.80. The van der Waals surface area contributed by atoms with Crippen LogP contribution in [-0.4, -0.2) is 52.1 Å². The van der Waals surface area contributed by atoms with Gasteiger partial charge in [0, 0.05) is 31.2 Å². The Morgan fingerprint density at radius 1 is 1.27 bits per heavy atom. The van der Waals surface area contributed by atoms with E-state index in [1.165, 1.54) is 0 Å². The van der Waals surface area contributed by atoms with E-state index in [1.54, 1.807) is 0 Å². The van der Waals surface area contributed by atoms with Crippen LogP contribution in [0.4, 0.5) is 0 Å². The van der Waals surface area contributed by atoms with Gasteiger partial charge in [0.15, 0.2) is 5.11 Å². The van der Waals surface area contributed by atoms with Crippen LogP contribution in [0.25, 0.3) is 0 Å². The van der Waals surface area contributed by atoms with E-state index in [0.717, 1.165) is 29.6 Å². The highest BCUT2D eigenvalue weighted by Crippen LogP contribution is 2.37. The summed E-state index contributed by atoms with van der Waals surface area (Å²) < 4.78 is 0. The van der Waals surface area contributed by atoms with E-state index < -0.39 is 0 Å². The summed E-state index contributed by atoms with van der Waals surface area (Å²) in [6.45, 7) is 1.83. The van der Waals surface area contributed by atoms with Gasteiger partial charge in [-0.3, -0.25) is 4.98 Å². The van der Waals surface area contributed by atoms with Crippen molar-refractivity contribution in [3.8, 4) is 0 Å². The van der Waals surface area contributed by atoms with E-state index in [4.69, 9.17) is 12.2 Å². The molecule has 22 heavy (non-hydrogen) atoms. The molecular weight excluding hydrogens is 294 g/mol. The maximum atomic E-state index is 5.58. The number of thiocarbonyl (C=S) groups is 1. The van der Waals surface area contributed by atoms with Crippen LogP contribution in [0.2, 0.25) is 0 Å². The second-order valence-electron chi connectivity index (χ2n) is 5.75. The van der Waals surface area contributed by atoms with Crippen LogP contribution in [0.1, 0.15) is 23.5 Å². The van der Waals surface area contributed by atoms with E-state index >= 15 is 0 Å². The average molecular weight is 315 g/mol. The normalized spacial score (nSPS) is 21.4. The minimum absolute atomic E-state index is 0.0644. The molecule has 0 aromatic carbocycles. The van der Waals surface area contributed by atoms with Gasteiger partial charge in [-0.2, -0.15) is 0 Å². The van der Waals surface area contributed by atoms with Crippen molar-refractivity contribution in [2.75, 3.05) is 27.2 Å². The molecule has 0 bridgehead atoms. The van der Waals surface area contributed by atoms with Gasteiger partial charge in [0.1, 0.15) is 0 Å². The lowest BCUT2D eigenvalue weighted by Gasteiger charge is -2.28. The molecular formula is C16H21N5S. The Labute approximate surface area is 136 Å². The van der Waals surface area contributed by atoms with Crippen LogP contribution in [-0.2, 0) is 0 Å². The summed E-state index contributed by atoms with van der Waals surface area (Å²) in [6, 6.07) is 10.3. The van der Waals surface area contributed by atoms with Crippen molar-refractivity contribution < 1.29 is 0 Å². The third-order valence-corrected chi connectivity index (χ3v) is 4.28. The molecule has 1 saturated heterocycles. The summed E-state index contributed by atoms with van der Waals surface area (Å²) in [6.07, 6.45) is 3.78. The first-order chi connectivity index (χ1) is 10.7. The van der Waals surface area contributed by atoms with E-state index in [9.17, 15) is 0 Å². The molecule has 2 atom stereocenters. The van der Waals surface area contributed by atoms with Gasteiger partial charge in [-0.1, -0.05) is 6.07 Å². The number of rotatable bonds is 5. The van der Waals surface area contributed by atoms with Crippen molar-refractivity contribution in [1.29, 1.82) is 0 Å². The van der Waals surface area contributed by atoms with Crippen LogP contribution in [0.15, 0.2) is 42.7 Å². The Morgan fingerprint density at radius 3 is 2.77 bits per heavy atom. The van der Waals surface area contributed by atoms with Crippen molar-refractivity contribution >= 4 is 17.3 Å². The average Bonchev–Trinajstić information content (AvgIpc) is 3.13. The third-order valence-electron chi connectivity index (χ3n) is 3.93. The van der Waals surface area contributed by atoms with Gasteiger partial charge in [-0.15, -0.1) is 0 Å². The van der Waals surface area contributed by atoms with Crippen molar-refractivity contribution in [3.05, 3.63) is 54.1 Å². The maximum absolute atomic E-state index is 5.58. The van der Waals surface area contributed by atoms with Gasteiger partial charge < -0.3 is 20.1 Å². The summed E-state index contributed by atoms with van der Waals surface area (Å²) >= 11 is 5.58. The molecule has 0 saturated carbocycles. The zero-order chi connectivity index (χ0) is 15.5. The quantitative estimate of drug-likeness (QED) is 0.826. The molecule has 116 valence electrons. The lowest BCUT2D eigenvalue weighted by Crippen LogP contribution is -2.35. The third kappa shape index (κ3) is 2.98. The summed E-state index contributed by atoms with van der Waals surface area (Å²) in [5.41, 5.74) is 2.17. The van der Waals surface area contributed by atoms with E-state index in [-0.39, 0.29) is 12.1 Å². The summed E-state index contributed by atoms with van der Waals surface area (Å²) in [4.78, 5) is 12.3. The Kier molecular flexibility index (Phi) is 4.40. The molecule has 1 aliphatic rings. The molecule has 5 nitrogen and oxygen atoms in total. The summed E-state index contributed by atoms with van der Waals surface area (Å²) in [5, 5.41) is 4.23. The zero-order valence-corrected chi connectivity index (χ0v) is 13.7. The molecule has 3 rings (SSSR count). The fourth-order valence-electron chi connectivity index (χ4n) is 2.82. The SMILES string of the molecule is CN(C)CCN1C(=S)N[C@@H](c2ccccn2)[C@@H]1c1ccc[nH]1. The molecule has 1 fully saturated rings. The highest BCUT2D eigenvalue weighted by atomic mass is 32.1. The van der Waals surface area contributed by atoms with Crippen molar-refractivity contribution in [1.82, 2.24) is 25.1 Å². The molecule has 2 aromatic heterocycles. The standard InChI is InChI=1S/C16H21N5S/c1-20(2)10-11-21-15(13-7-5-9-18-13)14(19-16(21)22)12-6-3-4-8-17-12/h3-9,14-15,18H,10-11H2,1-2H3,(H,19,22)/t14-,15-/m0/s1. The monoisotopic (exact) mass is 315 g/mol. The Bertz CT molecular complexity index is 611. The van der Waals surface area contributed by atoms with Crippen LogP contribution >= 0.6 is 12.2 Å². The first kappa shape index (κ1) is 15.0. The molecule has 0 spiro atoms. The summed E-state index contributed by atoms with van der Waals surface area (Å²) in [7, 11) is 4.15. The van der Waals surface area contributed by atoms with E-state index in [0.29, 0.717) is 0 Å². The molecule has 0 radical (unpaired) electrons. The Balaban J connectivity index is 1.92. The summed E-state index contributed by atoms with van der Waals surface area (Å²) in [5.74, 6) is 0. The lowest BCUT2D eigenvalue weighted by atomic mass is 10.0. The molecule has 3 heterocycles. The molecule has 2 N–H and O–H groups in total. The number of likely N-dealkylation sites (N-methyl/N-ethyl adjacent to an activating group) is 1. The highest BCUT2D eigenvalue weighted by Gasteiger charge is 2.39. The molecule has 0 unspecified atom stereocenters. The van der Waals surface area contributed by atoms with E-state index in [2.05, 4.69) is 45.2 Å². The minimum Gasteiger partial charge on any atom is -0.363 e. The first-order valence-corrected chi connectivity index (χ1v) is 7.83. The van der Waals surface area contributed by atoms with Gasteiger partial charge in [-0.25, -0.2) is 0 Å². The largest absolute Gasteiger partial charge is 0.363 e. The van der Waals surface area contributed by atoms with Gasteiger partial charge >= 0.3 is 0 Å². The first-order valence-electron chi connectivity index (χ1n) is 7.43. The lowest BCUT2D eigenvalue weighted by molar-refractivity contribution is 0.274. The predicted molar refractivity (Wildman–Crippen MR) is 91.5 cm³/mol. The smallest absolute Gasteiger partial charge is 0.170 e. The minimum atomic E-state index is 0.0644. The van der Waals surface area contributed by atoms with Crippen LogP contribution in [0.3, 0.4) is 0 Å². The second-order valence-corrected chi connectivity index (χ2v) is 6.14. The predicted octanol–water partition coefficient (Wildman–Crippen LogP) is 1.94. The maximum Gasteiger partial charge on any atom is 0.170 e. The molecule has 0 amide bonds. The topological polar surface area (TPSA) is 47.2 Å². The second kappa shape index (κ2) is 6.46. The number of aromatic amines is 1. The van der Waals surface area contributed by atoms with Gasteiger partial charge in [0.05, 0.1) is 17.8 Å². The van der Waals surface area contributed by atoms with Crippen molar-refractivity contribution in [3.63, 3.8) is 0 Å². The fraction of sp³-hybridized carbons (Fsp3) is 0.375. The number of nitrogens with zero attached hydrogens (tertiary/aromatic N) is 3. The number of hydrogen-bond acceptors (Lipinski definition) is 3. The Morgan fingerprint density at radius 2 is 2.14 bits per heavy atom. The number of H-pyrrole nitrogens is 1. The number of pyridine rings is 1. The Hall–Kier alpha value is -1.92. The number of aromatic nitrogens is 2. The molecule has 2 aromatic rings. The fourth-order valence-corrected chi connectivity index (χ4v) is 3.15. The molecule has 1 aliphatic heterocycles. The van der Waals surface area contributed by atoms with Gasteiger partial charge in [0.25, 0.3) is 0 Å². The molecule has 6 heteroatoms. The van der Waals surface area contributed by atoms with Crippen molar-refractivity contribution in [2.45, 2.75) is 12.1 Å².